The fraction of sp³-hybridized carbons (Fsp3) is 0.643. The smallest absolute Gasteiger partial charge is 0.310 e. The largest absolute Gasteiger partial charge is 0.469 e. The van der Waals surface area contributed by atoms with Gasteiger partial charge in [0.15, 0.2) is 0 Å². The molecule has 1 aromatic heterocycles. The minimum absolute atomic E-state index is 0.0333. The van der Waals surface area contributed by atoms with Crippen LogP contribution in [0.3, 0.4) is 0 Å². The molecule has 1 aliphatic heterocycles. The quantitative estimate of drug-likeness (QED) is 0.815. The molecular formula is C14H22N4O2. The monoisotopic (exact) mass is 278 g/mol. The van der Waals surface area contributed by atoms with E-state index < -0.39 is 0 Å². The summed E-state index contributed by atoms with van der Waals surface area (Å²) in [6, 6.07) is 0. The summed E-state index contributed by atoms with van der Waals surface area (Å²) in [5, 5.41) is 3.12. The maximum Gasteiger partial charge on any atom is 0.310 e. The summed E-state index contributed by atoms with van der Waals surface area (Å²) in [4.78, 5) is 22.6. The molecule has 1 fully saturated rings. The van der Waals surface area contributed by atoms with Crippen LogP contribution < -0.4 is 5.32 Å². The number of anilines is 1. The zero-order chi connectivity index (χ0) is 14.5. The van der Waals surface area contributed by atoms with Crippen LogP contribution in [0.1, 0.15) is 19.5 Å². The Bertz CT molecular complexity index is 449. The fourth-order valence-corrected chi connectivity index (χ4v) is 2.59. The molecule has 0 radical (unpaired) electrons. The van der Waals surface area contributed by atoms with Gasteiger partial charge in [-0.3, -0.25) is 14.7 Å². The first-order chi connectivity index (χ1) is 9.63. The van der Waals surface area contributed by atoms with Gasteiger partial charge < -0.3 is 10.1 Å². The minimum atomic E-state index is -0.117. The van der Waals surface area contributed by atoms with Gasteiger partial charge in [0.2, 0.25) is 0 Å². The average molecular weight is 278 g/mol. The molecule has 0 aromatic carbocycles. The Morgan fingerprint density at radius 1 is 1.45 bits per heavy atom. The summed E-state index contributed by atoms with van der Waals surface area (Å²) in [5.41, 5.74) is 0.921. The molecule has 2 rings (SSSR count). The molecule has 2 heterocycles. The Labute approximate surface area is 119 Å². The first-order valence-corrected chi connectivity index (χ1v) is 6.99. The third-order valence-corrected chi connectivity index (χ3v) is 3.64. The maximum absolute atomic E-state index is 11.7. The van der Waals surface area contributed by atoms with Gasteiger partial charge in [0.1, 0.15) is 5.82 Å². The molecular weight excluding hydrogens is 256 g/mol. The van der Waals surface area contributed by atoms with Crippen molar-refractivity contribution in [3.63, 3.8) is 0 Å². The summed E-state index contributed by atoms with van der Waals surface area (Å²) >= 11 is 0. The number of likely N-dealkylation sites (tertiary alicyclic amines) is 1. The molecule has 6 heteroatoms. The summed E-state index contributed by atoms with van der Waals surface area (Å²) in [6.45, 7) is 7.27. The molecule has 1 aliphatic rings. The van der Waals surface area contributed by atoms with E-state index in [9.17, 15) is 4.79 Å². The van der Waals surface area contributed by atoms with Crippen molar-refractivity contribution in [1.29, 1.82) is 0 Å². The zero-order valence-corrected chi connectivity index (χ0v) is 12.3. The van der Waals surface area contributed by atoms with E-state index in [1.54, 1.807) is 12.4 Å². The predicted octanol–water partition coefficient (Wildman–Crippen LogP) is 1.15. The lowest BCUT2D eigenvalue weighted by Crippen LogP contribution is -2.24. The second kappa shape index (κ2) is 6.65. The standard InChI is InChI=1S/C14H22N4O2/c1-4-15-13-6-16-11(5-17-13)8-18-7-10(2)12(9-18)14(19)20-3/h5-6,10,12H,4,7-9H2,1-3H3,(H,15,17). The van der Waals surface area contributed by atoms with E-state index in [4.69, 9.17) is 4.74 Å². The van der Waals surface area contributed by atoms with Crippen LogP contribution in [0.4, 0.5) is 5.82 Å². The van der Waals surface area contributed by atoms with Crippen molar-refractivity contribution in [3.8, 4) is 0 Å². The molecule has 0 aliphatic carbocycles. The van der Waals surface area contributed by atoms with Gasteiger partial charge in [0.25, 0.3) is 0 Å². The number of esters is 1. The van der Waals surface area contributed by atoms with Crippen LogP contribution >= 0.6 is 0 Å². The highest BCUT2D eigenvalue weighted by Gasteiger charge is 2.35. The SMILES string of the molecule is CCNc1cnc(CN2CC(C)C(C(=O)OC)C2)cn1. The number of methoxy groups -OCH3 is 1. The van der Waals surface area contributed by atoms with Crippen molar-refractivity contribution in [1.82, 2.24) is 14.9 Å². The second-order valence-corrected chi connectivity index (χ2v) is 5.22. The van der Waals surface area contributed by atoms with Crippen LogP contribution in [0.25, 0.3) is 0 Å². The first kappa shape index (κ1) is 14.7. The number of rotatable bonds is 5. The summed E-state index contributed by atoms with van der Waals surface area (Å²) in [5.74, 6) is 0.956. The molecule has 0 amide bonds. The third kappa shape index (κ3) is 3.45. The highest BCUT2D eigenvalue weighted by molar-refractivity contribution is 5.73. The van der Waals surface area contributed by atoms with E-state index in [0.717, 1.165) is 37.7 Å². The van der Waals surface area contributed by atoms with Crippen LogP contribution in [0.2, 0.25) is 0 Å². The van der Waals surface area contributed by atoms with E-state index in [-0.39, 0.29) is 11.9 Å². The van der Waals surface area contributed by atoms with Gasteiger partial charge >= 0.3 is 5.97 Å². The molecule has 1 N–H and O–H groups in total. The number of hydrogen-bond donors (Lipinski definition) is 1. The molecule has 1 aromatic rings. The van der Waals surface area contributed by atoms with E-state index in [2.05, 4.69) is 27.1 Å². The minimum Gasteiger partial charge on any atom is -0.469 e. The van der Waals surface area contributed by atoms with E-state index >= 15 is 0 Å². The summed E-state index contributed by atoms with van der Waals surface area (Å²) in [7, 11) is 1.45. The Hall–Kier alpha value is -1.69. The molecule has 0 bridgehead atoms. The molecule has 20 heavy (non-hydrogen) atoms. The van der Waals surface area contributed by atoms with Crippen molar-refractivity contribution in [2.24, 2.45) is 11.8 Å². The lowest BCUT2D eigenvalue weighted by atomic mass is 9.99. The van der Waals surface area contributed by atoms with Crippen molar-refractivity contribution in [3.05, 3.63) is 18.1 Å². The average Bonchev–Trinajstić information content (AvgIpc) is 2.81. The Kier molecular flexibility index (Phi) is 4.89. The number of aromatic nitrogens is 2. The molecule has 2 unspecified atom stereocenters. The Morgan fingerprint density at radius 3 is 2.85 bits per heavy atom. The highest BCUT2D eigenvalue weighted by atomic mass is 16.5. The van der Waals surface area contributed by atoms with Crippen molar-refractivity contribution >= 4 is 11.8 Å². The number of ether oxygens (including phenoxy) is 1. The van der Waals surface area contributed by atoms with E-state index in [1.807, 2.05) is 6.92 Å². The molecule has 110 valence electrons. The topological polar surface area (TPSA) is 67.4 Å². The lowest BCUT2D eigenvalue weighted by molar-refractivity contribution is -0.146. The number of carbonyl (C=O) groups is 1. The van der Waals surface area contributed by atoms with Gasteiger partial charge in [0.05, 0.1) is 31.1 Å². The fourth-order valence-electron chi connectivity index (χ4n) is 2.59. The molecule has 0 spiro atoms. The number of hydrogen-bond acceptors (Lipinski definition) is 6. The third-order valence-electron chi connectivity index (χ3n) is 3.64. The van der Waals surface area contributed by atoms with E-state index in [0.29, 0.717) is 5.92 Å². The predicted molar refractivity (Wildman–Crippen MR) is 76.1 cm³/mol. The summed E-state index contributed by atoms with van der Waals surface area (Å²) < 4.78 is 4.84. The Morgan fingerprint density at radius 2 is 2.25 bits per heavy atom. The van der Waals surface area contributed by atoms with E-state index in [1.165, 1.54) is 7.11 Å². The van der Waals surface area contributed by atoms with Gasteiger partial charge in [-0.2, -0.15) is 0 Å². The molecule has 0 saturated carbocycles. The second-order valence-electron chi connectivity index (χ2n) is 5.22. The van der Waals surface area contributed by atoms with Gasteiger partial charge in [-0.15, -0.1) is 0 Å². The van der Waals surface area contributed by atoms with Crippen LogP contribution in [0.15, 0.2) is 12.4 Å². The lowest BCUT2D eigenvalue weighted by Gasteiger charge is -2.14. The van der Waals surface area contributed by atoms with Gasteiger partial charge in [-0.1, -0.05) is 6.92 Å². The van der Waals surface area contributed by atoms with Crippen molar-refractivity contribution < 1.29 is 9.53 Å². The van der Waals surface area contributed by atoms with Crippen LogP contribution in [-0.2, 0) is 16.1 Å². The van der Waals surface area contributed by atoms with Crippen molar-refractivity contribution in [2.45, 2.75) is 20.4 Å². The Balaban J connectivity index is 1.92. The highest BCUT2D eigenvalue weighted by Crippen LogP contribution is 2.25. The number of nitrogens with zero attached hydrogens (tertiary/aromatic N) is 3. The summed E-state index contributed by atoms with van der Waals surface area (Å²) in [6.07, 6.45) is 3.53. The van der Waals surface area contributed by atoms with Gasteiger partial charge in [-0.25, -0.2) is 4.98 Å². The normalized spacial score (nSPS) is 22.8. The molecule has 1 saturated heterocycles. The van der Waals surface area contributed by atoms with Crippen LogP contribution in [-0.4, -0.2) is 47.6 Å². The number of carbonyl (C=O) groups excluding carboxylic acids is 1. The van der Waals surface area contributed by atoms with Crippen molar-refractivity contribution in [2.75, 3.05) is 32.1 Å². The van der Waals surface area contributed by atoms with Gasteiger partial charge in [0, 0.05) is 26.2 Å². The van der Waals surface area contributed by atoms with Crippen LogP contribution in [0.5, 0.6) is 0 Å². The zero-order valence-electron chi connectivity index (χ0n) is 12.3. The molecule has 2 atom stereocenters. The van der Waals surface area contributed by atoms with Gasteiger partial charge in [-0.05, 0) is 12.8 Å². The maximum atomic E-state index is 11.7. The van der Waals surface area contributed by atoms with Crippen LogP contribution in [0, 0.1) is 11.8 Å². The number of nitrogens with one attached hydrogen (secondary N) is 1. The molecule has 6 nitrogen and oxygen atoms in total. The first-order valence-electron chi connectivity index (χ1n) is 6.99.